The van der Waals surface area contributed by atoms with Gasteiger partial charge < -0.3 is 11.1 Å². The lowest BCUT2D eigenvalue weighted by Gasteiger charge is -2.26. The van der Waals surface area contributed by atoms with Gasteiger partial charge in [-0.3, -0.25) is 14.3 Å². The van der Waals surface area contributed by atoms with Gasteiger partial charge in [-0.05, 0) is 24.7 Å². The molecule has 1 fully saturated rings. The smallest absolute Gasteiger partial charge is 0.329 e. The molecule has 1 aliphatic rings. The fourth-order valence-corrected chi connectivity index (χ4v) is 2.59. The number of aromatic amines is 1. The highest BCUT2D eigenvalue weighted by Gasteiger charge is 2.19. The van der Waals surface area contributed by atoms with Crippen LogP contribution in [0.25, 0.3) is 0 Å². The van der Waals surface area contributed by atoms with E-state index in [0.717, 1.165) is 12.5 Å². The van der Waals surface area contributed by atoms with Crippen molar-refractivity contribution in [2.75, 3.05) is 17.6 Å². The predicted octanol–water partition coefficient (Wildman–Crippen LogP) is 0.894. The highest BCUT2D eigenvalue weighted by molar-refractivity contribution is 5.60. The van der Waals surface area contributed by atoms with Gasteiger partial charge in [0, 0.05) is 13.6 Å². The Morgan fingerprint density at radius 2 is 1.95 bits per heavy atom. The number of hydrogen-bond donors (Lipinski definition) is 3. The zero-order valence-corrected chi connectivity index (χ0v) is 11.5. The summed E-state index contributed by atoms with van der Waals surface area (Å²) < 4.78 is 1.24. The first-order valence-corrected chi connectivity index (χ1v) is 6.81. The molecule has 0 bridgehead atoms. The van der Waals surface area contributed by atoms with Crippen molar-refractivity contribution >= 4 is 11.5 Å². The average Bonchev–Trinajstić information content (AvgIpc) is 2.38. The van der Waals surface area contributed by atoms with Crippen LogP contribution in [0.1, 0.15) is 32.6 Å². The van der Waals surface area contributed by atoms with Crippen LogP contribution < -0.4 is 22.3 Å². The van der Waals surface area contributed by atoms with Crippen LogP contribution in [-0.2, 0) is 7.05 Å². The maximum atomic E-state index is 11.7. The number of H-pyrrole nitrogens is 1. The lowest BCUT2D eigenvalue weighted by molar-refractivity contribution is 0.300. The third-order valence-electron chi connectivity index (χ3n) is 4.07. The van der Waals surface area contributed by atoms with Crippen molar-refractivity contribution in [1.29, 1.82) is 0 Å². The standard InChI is InChI=1S/C13H22N4O2/c1-8-3-5-9(6-4-8)7-15-10-11(14)17(2)13(19)16-12(10)18/h8-9,15H,3-7,14H2,1-2H3,(H,16,18,19). The lowest BCUT2D eigenvalue weighted by atomic mass is 9.83. The lowest BCUT2D eigenvalue weighted by Crippen LogP contribution is -2.33. The van der Waals surface area contributed by atoms with Gasteiger partial charge in [0.25, 0.3) is 5.56 Å². The minimum absolute atomic E-state index is 0.193. The van der Waals surface area contributed by atoms with Gasteiger partial charge in [0.1, 0.15) is 11.5 Å². The van der Waals surface area contributed by atoms with E-state index in [-0.39, 0.29) is 5.82 Å². The second-order valence-electron chi connectivity index (χ2n) is 5.59. The van der Waals surface area contributed by atoms with E-state index in [0.29, 0.717) is 11.6 Å². The molecule has 1 saturated carbocycles. The molecule has 0 radical (unpaired) electrons. The van der Waals surface area contributed by atoms with Crippen LogP contribution in [0.5, 0.6) is 0 Å². The van der Waals surface area contributed by atoms with E-state index >= 15 is 0 Å². The van der Waals surface area contributed by atoms with Gasteiger partial charge in [0.15, 0.2) is 0 Å². The first kappa shape index (κ1) is 13.7. The SMILES string of the molecule is CC1CCC(CNc2c(N)n(C)c(=O)[nH]c2=O)CC1. The van der Waals surface area contributed by atoms with Gasteiger partial charge in [0.05, 0.1) is 0 Å². The summed E-state index contributed by atoms with van der Waals surface area (Å²) in [5.74, 6) is 1.58. The second-order valence-corrected chi connectivity index (χ2v) is 5.59. The maximum Gasteiger partial charge on any atom is 0.329 e. The Balaban J connectivity index is 2.06. The highest BCUT2D eigenvalue weighted by Crippen LogP contribution is 2.28. The fourth-order valence-electron chi connectivity index (χ4n) is 2.59. The van der Waals surface area contributed by atoms with Crippen LogP contribution in [0.15, 0.2) is 9.59 Å². The van der Waals surface area contributed by atoms with Crippen LogP contribution in [-0.4, -0.2) is 16.1 Å². The summed E-state index contributed by atoms with van der Waals surface area (Å²) in [4.78, 5) is 25.3. The van der Waals surface area contributed by atoms with E-state index in [2.05, 4.69) is 17.2 Å². The zero-order valence-electron chi connectivity index (χ0n) is 11.5. The first-order valence-electron chi connectivity index (χ1n) is 6.81. The van der Waals surface area contributed by atoms with Crippen LogP contribution in [0.2, 0.25) is 0 Å². The highest BCUT2D eigenvalue weighted by atomic mass is 16.2. The van der Waals surface area contributed by atoms with Crippen molar-refractivity contribution in [3.8, 4) is 0 Å². The van der Waals surface area contributed by atoms with Crippen molar-refractivity contribution in [3.05, 3.63) is 20.8 Å². The average molecular weight is 266 g/mol. The van der Waals surface area contributed by atoms with Crippen LogP contribution in [0, 0.1) is 11.8 Å². The first-order chi connectivity index (χ1) is 8.99. The van der Waals surface area contributed by atoms with Crippen molar-refractivity contribution in [3.63, 3.8) is 0 Å². The Hall–Kier alpha value is -1.72. The third kappa shape index (κ3) is 3.00. The molecule has 1 heterocycles. The van der Waals surface area contributed by atoms with Crippen LogP contribution >= 0.6 is 0 Å². The van der Waals surface area contributed by atoms with E-state index < -0.39 is 11.2 Å². The molecule has 1 aromatic rings. The molecular weight excluding hydrogens is 244 g/mol. The van der Waals surface area contributed by atoms with Crippen molar-refractivity contribution in [1.82, 2.24) is 9.55 Å². The molecule has 0 amide bonds. The van der Waals surface area contributed by atoms with E-state index in [4.69, 9.17) is 5.73 Å². The molecule has 0 saturated heterocycles. The number of nitrogens with one attached hydrogen (secondary N) is 2. The number of nitrogens with zero attached hydrogens (tertiary/aromatic N) is 1. The molecule has 0 aliphatic heterocycles. The summed E-state index contributed by atoms with van der Waals surface area (Å²) in [6.45, 7) is 3.01. The van der Waals surface area contributed by atoms with Gasteiger partial charge in [-0.25, -0.2) is 4.79 Å². The van der Waals surface area contributed by atoms with Crippen LogP contribution in [0.4, 0.5) is 11.5 Å². The minimum atomic E-state index is -0.487. The number of nitrogen functional groups attached to an aromatic ring is 1. The van der Waals surface area contributed by atoms with Gasteiger partial charge in [-0.2, -0.15) is 0 Å². The molecule has 19 heavy (non-hydrogen) atoms. The minimum Gasteiger partial charge on any atom is -0.383 e. The van der Waals surface area contributed by atoms with E-state index in [1.807, 2.05) is 0 Å². The normalized spacial score (nSPS) is 23.3. The third-order valence-corrected chi connectivity index (χ3v) is 4.07. The molecule has 6 heteroatoms. The van der Waals surface area contributed by atoms with Gasteiger partial charge >= 0.3 is 5.69 Å². The summed E-state index contributed by atoms with van der Waals surface area (Å²) in [6.07, 6.45) is 4.84. The number of aromatic nitrogens is 2. The fraction of sp³-hybridized carbons (Fsp3) is 0.692. The number of anilines is 2. The molecule has 0 spiro atoms. The quantitative estimate of drug-likeness (QED) is 0.757. The summed E-state index contributed by atoms with van der Waals surface area (Å²) in [5.41, 5.74) is 5.18. The predicted molar refractivity (Wildman–Crippen MR) is 76.3 cm³/mol. The molecule has 106 valence electrons. The maximum absolute atomic E-state index is 11.7. The van der Waals surface area contributed by atoms with E-state index in [9.17, 15) is 9.59 Å². The Labute approximate surface area is 112 Å². The molecule has 2 rings (SSSR count). The molecular formula is C13H22N4O2. The second kappa shape index (κ2) is 5.50. The summed E-state index contributed by atoms with van der Waals surface area (Å²) in [6, 6.07) is 0. The van der Waals surface area contributed by atoms with Crippen molar-refractivity contribution < 1.29 is 0 Å². The van der Waals surface area contributed by atoms with Crippen LogP contribution in [0.3, 0.4) is 0 Å². The number of hydrogen-bond acceptors (Lipinski definition) is 4. The molecule has 1 aliphatic carbocycles. The Bertz CT molecular complexity index is 553. The summed E-state index contributed by atoms with van der Waals surface area (Å²) in [5, 5.41) is 3.11. The molecule has 0 aromatic carbocycles. The molecule has 4 N–H and O–H groups in total. The van der Waals surface area contributed by atoms with E-state index in [1.165, 1.54) is 30.3 Å². The zero-order chi connectivity index (χ0) is 14.0. The van der Waals surface area contributed by atoms with E-state index in [1.54, 1.807) is 7.05 Å². The number of nitrogens with two attached hydrogens (primary N) is 1. The number of rotatable bonds is 3. The Morgan fingerprint density at radius 3 is 2.58 bits per heavy atom. The molecule has 6 nitrogen and oxygen atoms in total. The summed E-state index contributed by atoms with van der Waals surface area (Å²) in [7, 11) is 1.54. The van der Waals surface area contributed by atoms with Crippen molar-refractivity contribution in [2.24, 2.45) is 18.9 Å². The topological polar surface area (TPSA) is 92.9 Å². The van der Waals surface area contributed by atoms with Gasteiger partial charge in [0.2, 0.25) is 0 Å². The van der Waals surface area contributed by atoms with Crippen molar-refractivity contribution in [2.45, 2.75) is 32.6 Å². The van der Waals surface area contributed by atoms with Gasteiger partial charge in [-0.15, -0.1) is 0 Å². The molecule has 1 aromatic heterocycles. The molecule has 0 atom stereocenters. The largest absolute Gasteiger partial charge is 0.383 e. The monoisotopic (exact) mass is 266 g/mol. The Kier molecular flexibility index (Phi) is 3.97. The Morgan fingerprint density at radius 1 is 1.32 bits per heavy atom. The summed E-state index contributed by atoms with van der Waals surface area (Å²) >= 11 is 0. The molecule has 0 unspecified atom stereocenters. The van der Waals surface area contributed by atoms with Gasteiger partial charge in [-0.1, -0.05) is 19.8 Å².